The van der Waals surface area contributed by atoms with Crippen LogP contribution in [-0.2, 0) is 6.54 Å². The van der Waals surface area contributed by atoms with E-state index in [1.54, 1.807) is 11.3 Å². The number of thiazole rings is 1. The molecule has 0 radical (unpaired) electrons. The lowest BCUT2D eigenvalue weighted by Gasteiger charge is -2.37. The number of nitrogens with two attached hydrogens (primary N) is 1. The van der Waals surface area contributed by atoms with Gasteiger partial charge in [-0.2, -0.15) is 0 Å². The lowest BCUT2D eigenvalue weighted by atomic mass is 9.93. The number of nitrogens with zero attached hydrogens (tertiary/aromatic N) is 2. The van der Waals surface area contributed by atoms with Gasteiger partial charge in [0.05, 0.1) is 0 Å². The zero-order chi connectivity index (χ0) is 10.8. The molecule has 1 aromatic heterocycles. The molecule has 0 aliphatic carbocycles. The van der Waals surface area contributed by atoms with E-state index in [1.165, 1.54) is 17.7 Å². The first-order chi connectivity index (χ1) is 7.22. The van der Waals surface area contributed by atoms with Crippen LogP contribution >= 0.6 is 11.3 Å². The van der Waals surface area contributed by atoms with Gasteiger partial charge in [0.2, 0.25) is 0 Å². The number of rotatable bonds is 2. The van der Waals surface area contributed by atoms with Gasteiger partial charge < -0.3 is 10.6 Å². The number of anilines is 1. The van der Waals surface area contributed by atoms with E-state index in [4.69, 9.17) is 5.73 Å². The molecule has 2 atom stereocenters. The fourth-order valence-corrected chi connectivity index (χ4v) is 3.03. The molecule has 1 aromatic rings. The molecular weight excluding hydrogens is 206 g/mol. The maximum absolute atomic E-state index is 5.61. The summed E-state index contributed by atoms with van der Waals surface area (Å²) in [5.74, 6) is 0.768. The van der Waals surface area contributed by atoms with Crippen LogP contribution in [0.4, 0.5) is 5.13 Å². The Morgan fingerprint density at radius 1 is 1.60 bits per heavy atom. The van der Waals surface area contributed by atoms with Crippen LogP contribution in [0.15, 0.2) is 6.20 Å². The first-order valence-corrected chi connectivity index (χ1v) is 6.45. The van der Waals surface area contributed by atoms with Crippen molar-refractivity contribution in [1.82, 2.24) is 4.98 Å². The summed E-state index contributed by atoms with van der Waals surface area (Å²) in [7, 11) is 0. The predicted molar refractivity (Wildman–Crippen MR) is 65.2 cm³/mol. The van der Waals surface area contributed by atoms with Gasteiger partial charge in [0, 0.05) is 30.2 Å². The third kappa shape index (κ3) is 2.16. The molecule has 1 aliphatic heterocycles. The SMILES string of the molecule is CC1CCCN(c2ncc(CN)s2)C1C. The third-order valence-electron chi connectivity index (χ3n) is 3.36. The summed E-state index contributed by atoms with van der Waals surface area (Å²) in [4.78, 5) is 8.06. The Hall–Kier alpha value is -0.610. The van der Waals surface area contributed by atoms with E-state index in [0.717, 1.165) is 17.6 Å². The van der Waals surface area contributed by atoms with Gasteiger partial charge in [-0.3, -0.25) is 0 Å². The van der Waals surface area contributed by atoms with Gasteiger partial charge in [-0.05, 0) is 25.7 Å². The highest BCUT2D eigenvalue weighted by Gasteiger charge is 2.26. The Balaban J connectivity index is 2.14. The first-order valence-electron chi connectivity index (χ1n) is 5.63. The van der Waals surface area contributed by atoms with E-state index >= 15 is 0 Å². The van der Waals surface area contributed by atoms with Crippen molar-refractivity contribution in [1.29, 1.82) is 0 Å². The zero-order valence-corrected chi connectivity index (χ0v) is 10.3. The predicted octanol–water partition coefficient (Wildman–Crippen LogP) is 2.23. The van der Waals surface area contributed by atoms with Crippen LogP contribution in [0.5, 0.6) is 0 Å². The van der Waals surface area contributed by atoms with Gasteiger partial charge in [0.15, 0.2) is 5.13 Å². The second-order valence-electron chi connectivity index (χ2n) is 4.37. The summed E-state index contributed by atoms with van der Waals surface area (Å²) in [6.07, 6.45) is 4.53. The topological polar surface area (TPSA) is 42.2 Å². The molecule has 0 amide bonds. The Morgan fingerprint density at radius 3 is 3.07 bits per heavy atom. The van der Waals surface area contributed by atoms with E-state index < -0.39 is 0 Å². The van der Waals surface area contributed by atoms with E-state index in [2.05, 4.69) is 23.7 Å². The molecule has 0 saturated carbocycles. The summed E-state index contributed by atoms with van der Waals surface area (Å²) >= 11 is 1.74. The fourth-order valence-electron chi connectivity index (χ4n) is 2.13. The van der Waals surface area contributed by atoms with Crippen LogP contribution in [0, 0.1) is 5.92 Å². The number of piperidine rings is 1. The highest BCUT2D eigenvalue weighted by Crippen LogP contribution is 2.31. The van der Waals surface area contributed by atoms with Crippen LogP contribution in [0.25, 0.3) is 0 Å². The van der Waals surface area contributed by atoms with Crippen molar-refractivity contribution in [2.24, 2.45) is 11.7 Å². The van der Waals surface area contributed by atoms with Crippen molar-refractivity contribution >= 4 is 16.5 Å². The van der Waals surface area contributed by atoms with Crippen molar-refractivity contribution in [2.45, 2.75) is 39.3 Å². The largest absolute Gasteiger partial charge is 0.345 e. The molecule has 2 N–H and O–H groups in total. The first kappa shape index (κ1) is 10.9. The Kier molecular flexibility index (Phi) is 3.26. The van der Waals surface area contributed by atoms with E-state index in [-0.39, 0.29) is 0 Å². The maximum atomic E-state index is 5.61. The minimum atomic E-state index is 0.607. The van der Waals surface area contributed by atoms with Crippen LogP contribution in [0.1, 0.15) is 31.6 Å². The van der Waals surface area contributed by atoms with E-state index in [1.807, 2.05) is 6.20 Å². The monoisotopic (exact) mass is 225 g/mol. The van der Waals surface area contributed by atoms with Crippen LogP contribution in [0.3, 0.4) is 0 Å². The Bertz CT molecular complexity index is 323. The molecule has 1 aliphatic rings. The number of hydrogen-bond acceptors (Lipinski definition) is 4. The minimum Gasteiger partial charge on any atom is -0.345 e. The molecule has 4 heteroatoms. The second kappa shape index (κ2) is 4.49. The molecule has 2 unspecified atom stereocenters. The second-order valence-corrected chi connectivity index (χ2v) is 5.46. The van der Waals surface area contributed by atoms with Crippen molar-refractivity contribution in [3.8, 4) is 0 Å². The van der Waals surface area contributed by atoms with Crippen LogP contribution < -0.4 is 10.6 Å². The summed E-state index contributed by atoms with van der Waals surface area (Å²) in [5.41, 5.74) is 5.61. The Labute approximate surface area is 95.3 Å². The van der Waals surface area contributed by atoms with E-state index in [9.17, 15) is 0 Å². The standard InChI is InChI=1S/C11H19N3S/c1-8-4-3-5-14(9(8)2)11-13-7-10(6-12)15-11/h7-9H,3-6,12H2,1-2H3. The summed E-state index contributed by atoms with van der Waals surface area (Å²) in [6, 6.07) is 0.607. The van der Waals surface area contributed by atoms with Crippen LogP contribution in [-0.4, -0.2) is 17.6 Å². The van der Waals surface area contributed by atoms with Crippen molar-refractivity contribution in [2.75, 3.05) is 11.4 Å². The maximum Gasteiger partial charge on any atom is 0.185 e. The quantitative estimate of drug-likeness (QED) is 0.839. The average molecular weight is 225 g/mol. The lowest BCUT2D eigenvalue weighted by Crippen LogP contribution is -2.42. The molecule has 0 bridgehead atoms. The minimum absolute atomic E-state index is 0.607. The normalized spacial score (nSPS) is 27.0. The molecular formula is C11H19N3S. The summed E-state index contributed by atoms with van der Waals surface area (Å²) in [5, 5.41) is 1.15. The van der Waals surface area contributed by atoms with Gasteiger partial charge in [-0.15, -0.1) is 11.3 Å². The van der Waals surface area contributed by atoms with E-state index in [0.29, 0.717) is 12.6 Å². The fraction of sp³-hybridized carbons (Fsp3) is 0.727. The van der Waals surface area contributed by atoms with Gasteiger partial charge in [-0.25, -0.2) is 4.98 Å². The Morgan fingerprint density at radius 2 is 2.40 bits per heavy atom. The highest BCUT2D eigenvalue weighted by molar-refractivity contribution is 7.15. The van der Waals surface area contributed by atoms with Crippen molar-refractivity contribution in [3.05, 3.63) is 11.1 Å². The number of hydrogen-bond donors (Lipinski definition) is 1. The third-order valence-corrected chi connectivity index (χ3v) is 4.42. The molecule has 0 aromatic carbocycles. The molecule has 2 rings (SSSR count). The average Bonchev–Trinajstić information content (AvgIpc) is 2.70. The van der Waals surface area contributed by atoms with Gasteiger partial charge in [0.1, 0.15) is 0 Å². The number of aromatic nitrogens is 1. The zero-order valence-electron chi connectivity index (χ0n) is 9.44. The molecule has 1 fully saturated rings. The molecule has 2 heterocycles. The molecule has 3 nitrogen and oxygen atoms in total. The smallest absolute Gasteiger partial charge is 0.185 e. The molecule has 15 heavy (non-hydrogen) atoms. The van der Waals surface area contributed by atoms with Gasteiger partial charge in [0.25, 0.3) is 0 Å². The summed E-state index contributed by atoms with van der Waals surface area (Å²) < 4.78 is 0. The van der Waals surface area contributed by atoms with Gasteiger partial charge in [-0.1, -0.05) is 6.92 Å². The van der Waals surface area contributed by atoms with Gasteiger partial charge >= 0.3 is 0 Å². The highest BCUT2D eigenvalue weighted by atomic mass is 32.1. The lowest BCUT2D eigenvalue weighted by molar-refractivity contribution is 0.363. The molecule has 0 spiro atoms. The summed E-state index contributed by atoms with van der Waals surface area (Å²) in [6.45, 7) is 6.38. The molecule has 1 saturated heterocycles. The van der Waals surface area contributed by atoms with Crippen LogP contribution in [0.2, 0.25) is 0 Å². The van der Waals surface area contributed by atoms with Crippen molar-refractivity contribution in [3.63, 3.8) is 0 Å². The van der Waals surface area contributed by atoms with Crippen molar-refractivity contribution < 1.29 is 0 Å². The molecule has 84 valence electrons.